The maximum atomic E-state index is 5.50. The molecule has 0 saturated heterocycles. The Labute approximate surface area is 94.3 Å². The molecule has 2 heterocycles. The van der Waals surface area contributed by atoms with Gasteiger partial charge in [0.1, 0.15) is 5.82 Å². The molecule has 0 aromatic carbocycles. The van der Waals surface area contributed by atoms with Crippen LogP contribution in [-0.4, -0.2) is 20.0 Å². The van der Waals surface area contributed by atoms with Crippen molar-refractivity contribution in [3.05, 3.63) is 24.0 Å². The quantitative estimate of drug-likeness (QED) is 0.832. The van der Waals surface area contributed by atoms with Crippen LogP contribution in [-0.2, 0) is 0 Å². The minimum absolute atomic E-state index is 0.342. The summed E-state index contributed by atoms with van der Waals surface area (Å²) >= 11 is 0. The van der Waals surface area contributed by atoms with Gasteiger partial charge in [0, 0.05) is 17.8 Å². The molecule has 0 unspecified atom stereocenters. The fourth-order valence-electron chi connectivity index (χ4n) is 1.48. The fraction of sp³-hybridized carbons (Fsp3) is 0.364. The highest BCUT2D eigenvalue weighted by Crippen LogP contribution is 2.21. The predicted octanol–water partition coefficient (Wildman–Crippen LogP) is 1.81. The van der Waals surface area contributed by atoms with Gasteiger partial charge in [0.25, 0.3) is 0 Å². The minimum atomic E-state index is 0.342. The normalized spacial score (nSPS) is 11.0. The van der Waals surface area contributed by atoms with Gasteiger partial charge in [-0.05, 0) is 32.9 Å². The maximum absolute atomic E-state index is 5.50. The first-order valence-corrected chi connectivity index (χ1v) is 5.23. The van der Waals surface area contributed by atoms with Crippen molar-refractivity contribution in [2.75, 3.05) is 5.73 Å². The third-order valence-electron chi connectivity index (χ3n) is 2.41. The lowest BCUT2D eigenvalue weighted by Crippen LogP contribution is -2.00. The highest BCUT2D eigenvalue weighted by atomic mass is 15.3. The van der Waals surface area contributed by atoms with Crippen molar-refractivity contribution in [2.24, 2.45) is 0 Å². The second-order valence-corrected chi connectivity index (χ2v) is 4.05. The average Bonchev–Trinajstić information content (AvgIpc) is 2.62. The molecule has 0 aliphatic carbocycles. The van der Waals surface area contributed by atoms with Gasteiger partial charge in [0.05, 0.1) is 11.4 Å². The lowest BCUT2D eigenvalue weighted by molar-refractivity contribution is 0.529. The van der Waals surface area contributed by atoms with Gasteiger partial charge in [0.15, 0.2) is 0 Å². The van der Waals surface area contributed by atoms with Crippen LogP contribution < -0.4 is 5.73 Å². The van der Waals surface area contributed by atoms with Crippen molar-refractivity contribution < 1.29 is 0 Å². The first kappa shape index (κ1) is 10.6. The number of nitrogens with two attached hydrogens (primary N) is 1. The molecule has 2 N–H and O–H groups in total. The van der Waals surface area contributed by atoms with Crippen molar-refractivity contribution in [3.8, 4) is 11.3 Å². The van der Waals surface area contributed by atoms with Crippen LogP contribution in [0.5, 0.6) is 0 Å². The van der Waals surface area contributed by atoms with E-state index in [1.165, 1.54) is 0 Å². The lowest BCUT2D eigenvalue weighted by atomic mass is 10.2. The predicted molar refractivity (Wildman–Crippen MR) is 62.8 cm³/mol. The summed E-state index contributed by atoms with van der Waals surface area (Å²) in [7, 11) is 0. The monoisotopic (exact) mass is 217 g/mol. The van der Waals surface area contributed by atoms with Gasteiger partial charge >= 0.3 is 0 Å². The summed E-state index contributed by atoms with van der Waals surface area (Å²) < 4.78 is 1.92. The smallest absolute Gasteiger partial charge is 0.146 e. The molecule has 5 nitrogen and oxygen atoms in total. The summed E-state index contributed by atoms with van der Waals surface area (Å²) in [6.45, 7) is 6.14. The van der Waals surface area contributed by atoms with Crippen molar-refractivity contribution in [3.63, 3.8) is 0 Å². The van der Waals surface area contributed by atoms with Gasteiger partial charge in [-0.3, -0.25) is 4.68 Å². The molecule has 2 rings (SSSR count). The summed E-state index contributed by atoms with van der Waals surface area (Å²) in [6, 6.07) is 3.94. The van der Waals surface area contributed by atoms with E-state index in [0.717, 1.165) is 17.0 Å². The van der Waals surface area contributed by atoms with E-state index >= 15 is 0 Å². The molecule has 2 aromatic rings. The number of hydrogen-bond acceptors (Lipinski definition) is 4. The van der Waals surface area contributed by atoms with Crippen molar-refractivity contribution in [1.82, 2.24) is 20.0 Å². The Morgan fingerprint density at radius 3 is 2.50 bits per heavy atom. The lowest BCUT2D eigenvalue weighted by Gasteiger charge is -2.02. The van der Waals surface area contributed by atoms with Gasteiger partial charge in [-0.2, -0.15) is 5.10 Å². The van der Waals surface area contributed by atoms with Crippen LogP contribution in [0, 0.1) is 6.92 Å². The van der Waals surface area contributed by atoms with Gasteiger partial charge in [0.2, 0.25) is 0 Å². The molecule has 0 radical (unpaired) electrons. The third kappa shape index (κ3) is 1.88. The van der Waals surface area contributed by atoms with E-state index in [0.29, 0.717) is 11.9 Å². The molecule has 0 fully saturated rings. The van der Waals surface area contributed by atoms with Crippen molar-refractivity contribution in [2.45, 2.75) is 26.8 Å². The first-order valence-electron chi connectivity index (χ1n) is 5.23. The van der Waals surface area contributed by atoms with Gasteiger partial charge in [-0.15, -0.1) is 10.2 Å². The van der Waals surface area contributed by atoms with E-state index in [9.17, 15) is 0 Å². The van der Waals surface area contributed by atoms with Crippen LogP contribution in [0.3, 0.4) is 0 Å². The Bertz CT molecular complexity index is 484. The first-order chi connectivity index (χ1) is 7.58. The highest BCUT2D eigenvalue weighted by molar-refractivity contribution is 5.60. The molecule has 84 valence electrons. The van der Waals surface area contributed by atoms with Crippen LogP contribution in [0.2, 0.25) is 0 Å². The third-order valence-corrected chi connectivity index (χ3v) is 2.41. The number of nitrogen functional groups attached to an aromatic ring is 1. The topological polar surface area (TPSA) is 69.6 Å². The molecule has 0 bridgehead atoms. The van der Waals surface area contributed by atoms with Crippen LogP contribution in [0.4, 0.5) is 5.82 Å². The molecule has 16 heavy (non-hydrogen) atoms. The summed E-state index contributed by atoms with van der Waals surface area (Å²) in [4.78, 5) is 0. The largest absolute Gasteiger partial charge is 0.382 e. The Hall–Kier alpha value is -1.91. The maximum Gasteiger partial charge on any atom is 0.146 e. The molecule has 0 aliphatic rings. The highest BCUT2D eigenvalue weighted by Gasteiger charge is 2.10. The zero-order chi connectivity index (χ0) is 11.7. The Kier molecular flexibility index (Phi) is 2.60. The fourth-order valence-corrected chi connectivity index (χ4v) is 1.48. The SMILES string of the molecule is Cc1nn(C(C)C)cc1-c1ccc(N)nn1. The molecular weight excluding hydrogens is 202 g/mol. The number of hydrogen-bond donors (Lipinski definition) is 1. The van der Waals surface area contributed by atoms with Crippen LogP contribution >= 0.6 is 0 Å². The van der Waals surface area contributed by atoms with E-state index in [-0.39, 0.29) is 0 Å². The van der Waals surface area contributed by atoms with E-state index < -0.39 is 0 Å². The Morgan fingerprint density at radius 2 is 2.00 bits per heavy atom. The van der Waals surface area contributed by atoms with Crippen LogP contribution in [0.1, 0.15) is 25.6 Å². The molecule has 2 aromatic heterocycles. The second kappa shape index (κ2) is 3.92. The number of aryl methyl sites for hydroxylation is 1. The minimum Gasteiger partial charge on any atom is -0.382 e. The molecular formula is C11H15N5. The van der Waals surface area contributed by atoms with E-state index in [4.69, 9.17) is 5.73 Å². The van der Waals surface area contributed by atoms with Crippen LogP contribution in [0.25, 0.3) is 11.3 Å². The standard InChI is InChI=1S/C11H15N5/c1-7(2)16-6-9(8(3)15-16)10-4-5-11(12)14-13-10/h4-7H,1-3H3,(H2,12,14). The molecule has 5 heteroatoms. The number of anilines is 1. The second-order valence-electron chi connectivity index (χ2n) is 4.05. The Morgan fingerprint density at radius 1 is 1.25 bits per heavy atom. The van der Waals surface area contributed by atoms with Gasteiger partial charge in [-0.1, -0.05) is 0 Å². The molecule has 0 atom stereocenters. The van der Waals surface area contributed by atoms with Crippen molar-refractivity contribution >= 4 is 5.82 Å². The van der Waals surface area contributed by atoms with E-state index in [1.807, 2.05) is 23.9 Å². The Balaban J connectivity index is 2.44. The number of nitrogens with zero attached hydrogens (tertiary/aromatic N) is 4. The van der Waals surface area contributed by atoms with Gasteiger partial charge < -0.3 is 5.73 Å². The van der Waals surface area contributed by atoms with Gasteiger partial charge in [-0.25, -0.2) is 0 Å². The summed E-state index contributed by atoms with van der Waals surface area (Å²) in [5.74, 6) is 0.428. The zero-order valence-electron chi connectivity index (χ0n) is 9.68. The average molecular weight is 217 g/mol. The number of rotatable bonds is 2. The van der Waals surface area contributed by atoms with Crippen molar-refractivity contribution in [1.29, 1.82) is 0 Å². The summed E-state index contributed by atoms with van der Waals surface area (Å²) in [6.07, 6.45) is 1.99. The van der Waals surface area contributed by atoms with E-state index in [2.05, 4.69) is 29.1 Å². The molecule has 0 spiro atoms. The summed E-state index contributed by atoms with van der Waals surface area (Å²) in [5.41, 5.74) is 8.26. The molecule has 0 amide bonds. The van der Waals surface area contributed by atoms with Crippen LogP contribution in [0.15, 0.2) is 18.3 Å². The molecule has 0 aliphatic heterocycles. The molecule has 0 saturated carbocycles. The zero-order valence-corrected chi connectivity index (χ0v) is 9.68. The number of aromatic nitrogens is 4. The summed E-state index contributed by atoms with van der Waals surface area (Å²) in [5, 5.41) is 12.3. The van der Waals surface area contributed by atoms with E-state index in [1.54, 1.807) is 6.07 Å².